The molecule has 1 aliphatic heterocycles. The van der Waals surface area contributed by atoms with E-state index in [0.717, 1.165) is 0 Å². The minimum atomic E-state index is -4.10. The third kappa shape index (κ3) is 4.36. The summed E-state index contributed by atoms with van der Waals surface area (Å²) in [4.78, 5) is 1.64. The summed E-state index contributed by atoms with van der Waals surface area (Å²) in [6, 6.07) is -0.182. The fourth-order valence-corrected chi connectivity index (χ4v) is 1.66. The SMILES string of the molecule is CN(CCC(F)(F)F)C1COCCC1N. The van der Waals surface area contributed by atoms with Crippen molar-refractivity contribution in [3.05, 3.63) is 0 Å². The summed E-state index contributed by atoms with van der Waals surface area (Å²) in [7, 11) is 1.66. The molecule has 6 heteroatoms. The van der Waals surface area contributed by atoms with E-state index in [2.05, 4.69) is 0 Å². The van der Waals surface area contributed by atoms with Crippen LogP contribution in [0.3, 0.4) is 0 Å². The minimum Gasteiger partial charge on any atom is -0.380 e. The highest BCUT2D eigenvalue weighted by Crippen LogP contribution is 2.21. The Morgan fingerprint density at radius 1 is 1.47 bits per heavy atom. The first-order valence-electron chi connectivity index (χ1n) is 5.00. The summed E-state index contributed by atoms with van der Waals surface area (Å²) in [5, 5.41) is 0. The zero-order chi connectivity index (χ0) is 11.5. The van der Waals surface area contributed by atoms with Gasteiger partial charge in [0.2, 0.25) is 0 Å². The molecule has 0 aromatic carbocycles. The quantitative estimate of drug-likeness (QED) is 0.779. The van der Waals surface area contributed by atoms with Gasteiger partial charge in [-0.2, -0.15) is 13.2 Å². The van der Waals surface area contributed by atoms with Gasteiger partial charge in [0.25, 0.3) is 0 Å². The number of halogens is 3. The fourth-order valence-electron chi connectivity index (χ4n) is 1.66. The number of alkyl halides is 3. The van der Waals surface area contributed by atoms with Gasteiger partial charge in [0.15, 0.2) is 0 Å². The van der Waals surface area contributed by atoms with Crippen molar-refractivity contribution in [1.29, 1.82) is 0 Å². The monoisotopic (exact) mass is 226 g/mol. The van der Waals surface area contributed by atoms with E-state index in [0.29, 0.717) is 19.6 Å². The van der Waals surface area contributed by atoms with Crippen LogP contribution in [0.25, 0.3) is 0 Å². The molecule has 15 heavy (non-hydrogen) atoms. The van der Waals surface area contributed by atoms with Gasteiger partial charge in [0.1, 0.15) is 0 Å². The maximum Gasteiger partial charge on any atom is 0.390 e. The molecule has 0 spiro atoms. The number of hydrogen-bond donors (Lipinski definition) is 1. The molecule has 0 amide bonds. The smallest absolute Gasteiger partial charge is 0.380 e. The van der Waals surface area contributed by atoms with Crippen LogP contribution in [0.5, 0.6) is 0 Å². The molecule has 90 valence electrons. The Morgan fingerprint density at radius 2 is 2.13 bits per heavy atom. The summed E-state index contributed by atoms with van der Waals surface area (Å²) < 4.78 is 41.2. The first-order valence-corrected chi connectivity index (χ1v) is 5.00. The van der Waals surface area contributed by atoms with Crippen molar-refractivity contribution >= 4 is 0 Å². The Bertz CT molecular complexity index is 198. The lowest BCUT2D eigenvalue weighted by Crippen LogP contribution is -2.52. The Kier molecular flexibility index (Phi) is 4.36. The van der Waals surface area contributed by atoms with Gasteiger partial charge in [-0.05, 0) is 13.5 Å². The number of rotatable bonds is 3. The molecule has 1 rings (SSSR count). The Hall–Kier alpha value is -0.330. The van der Waals surface area contributed by atoms with Crippen molar-refractivity contribution in [2.75, 3.05) is 26.8 Å². The van der Waals surface area contributed by atoms with Crippen LogP contribution in [0.1, 0.15) is 12.8 Å². The largest absolute Gasteiger partial charge is 0.390 e. The van der Waals surface area contributed by atoms with E-state index < -0.39 is 12.6 Å². The molecule has 0 radical (unpaired) electrons. The van der Waals surface area contributed by atoms with Gasteiger partial charge >= 0.3 is 6.18 Å². The van der Waals surface area contributed by atoms with E-state index in [4.69, 9.17) is 10.5 Å². The average Bonchev–Trinajstić information content (AvgIpc) is 2.14. The minimum absolute atomic E-state index is 0.0226. The van der Waals surface area contributed by atoms with Crippen LogP contribution in [0, 0.1) is 0 Å². The zero-order valence-electron chi connectivity index (χ0n) is 8.76. The molecule has 1 heterocycles. The molecule has 0 aromatic rings. The number of likely N-dealkylation sites (N-methyl/N-ethyl adjacent to an activating group) is 1. The van der Waals surface area contributed by atoms with Crippen LogP contribution in [0.15, 0.2) is 0 Å². The van der Waals surface area contributed by atoms with E-state index in [-0.39, 0.29) is 18.6 Å². The summed E-state index contributed by atoms with van der Waals surface area (Å²) >= 11 is 0. The molecule has 0 bridgehead atoms. The maximum atomic E-state index is 12.0. The van der Waals surface area contributed by atoms with Crippen LogP contribution in [-0.4, -0.2) is 50.0 Å². The highest BCUT2D eigenvalue weighted by Gasteiger charge is 2.31. The van der Waals surface area contributed by atoms with E-state index in [1.165, 1.54) is 0 Å². The predicted octanol–water partition coefficient (Wildman–Crippen LogP) is 0.987. The second-order valence-electron chi connectivity index (χ2n) is 3.94. The molecular formula is C9H17F3N2O. The van der Waals surface area contributed by atoms with Crippen LogP contribution in [0.4, 0.5) is 13.2 Å². The van der Waals surface area contributed by atoms with E-state index >= 15 is 0 Å². The molecule has 3 nitrogen and oxygen atoms in total. The summed E-state index contributed by atoms with van der Waals surface area (Å²) in [6.45, 7) is 1.01. The molecule has 2 atom stereocenters. The van der Waals surface area contributed by atoms with E-state index in [1.807, 2.05) is 0 Å². The summed E-state index contributed by atoms with van der Waals surface area (Å²) in [5.41, 5.74) is 5.82. The topological polar surface area (TPSA) is 38.5 Å². The highest BCUT2D eigenvalue weighted by molar-refractivity contribution is 4.83. The lowest BCUT2D eigenvalue weighted by molar-refractivity contribution is -0.139. The third-order valence-corrected chi connectivity index (χ3v) is 2.69. The molecule has 0 aromatic heterocycles. The summed E-state index contributed by atoms with van der Waals surface area (Å²) in [6.07, 6.45) is -4.19. The van der Waals surface area contributed by atoms with Gasteiger partial charge in [-0.1, -0.05) is 0 Å². The van der Waals surface area contributed by atoms with Crippen molar-refractivity contribution in [1.82, 2.24) is 4.90 Å². The Morgan fingerprint density at radius 3 is 2.67 bits per heavy atom. The van der Waals surface area contributed by atoms with Gasteiger partial charge in [-0.25, -0.2) is 0 Å². The van der Waals surface area contributed by atoms with Crippen LogP contribution in [0.2, 0.25) is 0 Å². The second-order valence-corrected chi connectivity index (χ2v) is 3.94. The Balaban J connectivity index is 2.35. The van der Waals surface area contributed by atoms with Crippen LogP contribution in [-0.2, 0) is 4.74 Å². The van der Waals surface area contributed by atoms with Gasteiger partial charge < -0.3 is 10.5 Å². The highest BCUT2D eigenvalue weighted by atomic mass is 19.4. The molecule has 2 N–H and O–H groups in total. The average molecular weight is 226 g/mol. The van der Waals surface area contributed by atoms with Crippen LogP contribution < -0.4 is 5.73 Å². The number of nitrogens with two attached hydrogens (primary N) is 1. The van der Waals surface area contributed by atoms with Crippen molar-refractivity contribution in [2.45, 2.75) is 31.1 Å². The maximum absolute atomic E-state index is 12.0. The van der Waals surface area contributed by atoms with Crippen molar-refractivity contribution in [3.8, 4) is 0 Å². The molecule has 1 saturated heterocycles. The number of nitrogens with zero attached hydrogens (tertiary/aromatic N) is 1. The number of ether oxygens (including phenoxy) is 1. The normalized spacial score (nSPS) is 28.4. The Labute approximate surface area is 87.4 Å². The van der Waals surface area contributed by atoms with Gasteiger partial charge in [0, 0.05) is 25.2 Å². The molecular weight excluding hydrogens is 209 g/mol. The molecule has 2 unspecified atom stereocenters. The molecule has 0 aliphatic carbocycles. The lowest BCUT2D eigenvalue weighted by Gasteiger charge is -2.35. The van der Waals surface area contributed by atoms with Gasteiger partial charge in [-0.15, -0.1) is 0 Å². The third-order valence-electron chi connectivity index (χ3n) is 2.69. The van der Waals surface area contributed by atoms with Gasteiger partial charge in [-0.3, -0.25) is 4.90 Å². The fraction of sp³-hybridized carbons (Fsp3) is 1.00. The van der Waals surface area contributed by atoms with Gasteiger partial charge in [0.05, 0.1) is 13.0 Å². The predicted molar refractivity (Wildman–Crippen MR) is 50.5 cm³/mol. The molecule has 1 fully saturated rings. The van der Waals surface area contributed by atoms with Crippen molar-refractivity contribution < 1.29 is 17.9 Å². The zero-order valence-corrected chi connectivity index (χ0v) is 8.76. The van der Waals surface area contributed by atoms with Crippen molar-refractivity contribution in [3.63, 3.8) is 0 Å². The first kappa shape index (κ1) is 12.7. The standard InChI is InChI=1S/C9H17F3N2O/c1-14(4-3-9(10,11)12)8-6-15-5-2-7(8)13/h7-8H,2-6,13H2,1H3. The first-order chi connectivity index (χ1) is 6.90. The molecule has 1 aliphatic rings. The summed E-state index contributed by atoms with van der Waals surface area (Å²) in [5.74, 6) is 0. The van der Waals surface area contributed by atoms with Crippen molar-refractivity contribution in [2.24, 2.45) is 5.73 Å². The van der Waals surface area contributed by atoms with E-state index in [1.54, 1.807) is 11.9 Å². The van der Waals surface area contributed by atoms with E-state index in [9.17, 15) is 13.2 Å². The lowest BCUT2D eigenvalue weighted by atomic mass is 10.0. The second kappa shape index (κ2) is 5.14. The number of hydrogen-bond acceptors (Lipinski definition) is 3. The van der Waals surface area contributed by atoms with Crippen LogP contribution >= 0.6 is 0 Å². The molecule has 0 saturated carbocycles.